The van der Waals surface area contributed by atoms with Crippen LogP contribution < -0.4 is 0 Å². The fourth-order valence-electron chi connectivity index (χ4n) is 17.4. The average Bonchev–Trinajstić information content (AvgIpc) is 3.73. The van der Waals surface area contributed by atoms with Gasteiger partial charge < -0.3 is 15.3 Å². The van der Waals surface area contributed by atoms with E-state index in [2.05, 4.69) is 57.1 Å². The Bertz CT molecular complexity index is 1610. The molecule has 0 heterocycles. The van der Waals surface area contributed by atoms with Gasteiger partial charge >= 0.3 is 194 Å². The zero-order valence-corrected chi connectivity index (χ0v) is 37.7. The third-order valence-corrected chi connectivity index (χ3v) is 21.5. The maximum atomic E-state index is 12.9. The molecule has 8 fully saturated rings. The fraction of sp³-hybridized carbons (Fsp3) is 0.938. The quantitative estimate of drug-likeness (QED) is 0.0955. The number of carbonyl (C=O) groups is 2. The third kappa shape index (κ3) is 7.11. The molecule has 0 bridgehead atoms. The summed E-state index contributed by atoms with van der Waals surface area (Å²) in [6.07, 6.45) is 8.77. The van der Waals surface area contributed by atoms with Crippen LogP contribution in [0.5, 0.6) is 0 Å². The van der Waals surface area contributed by atoms with Gasteiger partial charge in [-0.25, -0.2) is 9.68 Å². The van der Waals surface area contributed by atoms with Gasteiger partial charge in [0.1, 0.15) is 0 Å². The summed E-state index contributed by atoms with van der Waals surface area (Å²) < 4.78 is 1.06. The van der Waals surface area contributed by atoms with E-state index in [1.807, 2.05) is 0 Å². The van der Waals surface area contributed by atoms with Crippen LogP contribution in [0.15, 0.2) is 0 Å². The molecule has 8 rings (SSSR count). The van der Waals surface area contributed by atoms with E-state index in [9.17, 15) is 40.2 Å². The molecule has 0 aliphatic heterocycles. The van der Waals surface area contributed by atoms with Crippen LogP contribution in [0.25, 0.3) is 0 Å². The Morgan fingerprint density at radius 1 is 0.627 bits per heavy atom. The van der Waals surface area contributed by atoms with Gasteiger partial charge in [-0.05, 0) is 97.7 Å². The first-order valence-corrected chi connectivity index (χ1v) is 24.3. The normalized spacial score (nSPS) is 52.5. The molecule has 8 saturated carbocycles. The Hall–Kier alpha value is -0.911. The Kier molecular flexibility index (Phi) is 12.3. The van der Waals surface area contributed by atoms with Crippen LogP contribution >= 0.6 is 0 Å². The molecule has 0 radical (unpaired) electrons. The van der Waals surface area contributed by atoms with Gasteiger partial charge in [0.25, 0.3) is 0 Å². The first-order chi connectivity index (χ1) is 27.8. The summed E-state index contributed by atoms with van der Waals surface area (Å²) in [4.78, 5) is 36.0. The summed E-state index contributed by atoms with van der Waals surface area (Å²) >= 11 is 4.43. The molecule has 0 aromatic carbocycles. The van der Waals surface area contributed by atoms with E-state index < -0.39 is 47.9 Å². The van der Waals surface area contributed by atoms with Gasteiger partial charge in [0.15, 0.2) is 0 Å². The van der Waals surface area contributed by atoms with E-state index in [1.165, 1.54) is 0 Å². The van der Waals surface area contributed by atoms with Crippen molar-refractivity contribution in [2.45, 2.75) is 187 Å². The van der Waals surface area contributed by atoms with Gasteiger partial charge in [0.2, 0.25) is 0 Å². The summed E-state index contributed by atoms with van der Waals surface area (Å²) in [5.41, 5.74) is -0.937. The molecule has 22 unspecified atom stereocenters. The monoisotopic (exact) mass is 868 g/mol. The van der Waals surface area contributed by atoms with Gasteiger partial charge in [0, 0.05) is 0 Å². The topological polar surface area (TPSA) is 174 Å². The van der Waals surface area contributed by atoms with E-state index >= 15 is 0 Å². The minimum atomic E-state index is -0.581. The molecule has 0 amide bonds. The molecular formula is C48H76FeO10. The zero-order valence-electron chi connectivity index (χ0n) is 36.6. The minimum Gasteiger partial charge on any atom is -0.393 e. The Balaban J connectivity index is 0.812. The van der Waals surface area contributed by atoms with Crippen molar-refractivity contribution in [1.82, 2.24) is 0 Å². The molecule has 10 nitrogen and oxygen atoms in total. The molecule has 336 valence electrons. The van der Waals surface area contributed by atoms with Crippen molar-refractivity contribution in [2.75, 3.05) is 0 Å². The predicted octanol–water partition coefficient (Wildman–Crippen LogP) is 6.07. The number of rotatable bonds is 8. The molecule has 8 aliphatic carbocycles. The second-order valence-electron chi connectivity index (χ2n) is 22.8. The van der Waals surface area contributed by atoms with Crippen LogP contribution in [0.3, 0.4) is 0 Å². The van der Waals surface area contributed by atoms with Crippen molar-refractivity contribution in [3.63, 3.8) is 0 Å². The predicted molar refractivity (Wildman–Crippen MR) is 217 cm³/mol. The Morgan fingerprint density at radius 2 is 1.10 bits per heavy atom. The van der Waals surface area contributed by atoms with E-state index in [1.54, 1.807) is 0 Å². The van der Waals surface area contributed by atoms with E-state index in [0.29, 0.717) is 44.9 Å². The number of aliphatic hydroxyl groups is 6. The first kappa shape index (κ1) is 44.7. The molecule has 0 saturated heterocycles. The summed E-state index contributed by atoms with van der Waals surface area (Å²) in [6, 6.07) is 0. The van der Waals surface area contributed by atoms with Crippen molar-refractivity contribution in [2.24, 2.45) is 92.7 Å². The minimum absolute atomic E-state index is 0.0225. The SMILES string of the molecule is CC(CCC(=O)OOC(=O)CCC(C)C1CCC2C3C(O)CC4CC(O)C[C](=[Fe])C4(C)C3CC(O)C12C)C1CCC2C3C(O)CC4CC(O)CCC4(C)C3CC(O)C12C. The van der Waals surface area contributed by atoms with Gasteiger partial charge in [-0.15, -0.1) is 0 Å². The van der Waals surface area contributed by atoms with Crippen molar-refractivity contribution < 1.29 is 65.6 Å². The number of carbonyl (C=O) groups excluding carboxylic acids is 2. The fourth-order valence-corrected chi connectivity index (χ4v) is 18.0. The molecule has 8 aliphatic rings. The summed E-state index contributed by atoms with van der Waals surface area (Å²) in [7, 11) is 0. The van der Waals surface area contributed by atoms with Crippen LogP contribution in [-0.4, -0.2) is 83.6 Å². The molecular weight excluding hydrogens is 792 g/mol. The number of aliphatic hydroxyl groups excluding tert-OH is 6. The molecule has 0 aromatic heterocycles. The number of hydrogen-bond acceptors (Lipinski definition) is 10. The number of hydrogen-bond donors (Lipinski definition) is 6. The molecule has 59 heavy (non-hydrogen) atoms. The van der Waals surface area contributed by atoms with Crippen LogP contribution in [0.4, 0.5) is 0 Å². The van der Waals surface area contributed by atoms with E-state index in [0.717, 1.165) is 55.8 Å². The van der Waals surface area contributed by atoms with E-state index in [4.69, 9.17) is 9.78 Å². The first-order valence-electron chi connectivity index (χ1n) is 23.7. The van der Waals surface area contributed by atoms with Crippen molar-refractivity contribution in [3.8, 4) is 0 Å². The van der Waals surface area contributed by atoms with Crippen LogP contribution in [0.2, 0.25) is 0 Å². The smallest absolute Gasteiger partial charge is 0.0602 e. The maximum Gasteiger partial charge on any atom is 0.0602 e. The van der Waals surface area contributed by atoms with Gasteiger partial charge in [-0.3, -0.25) is 0 Å². The van der Waals surface area contributed by atoms with E-state index in [-0.39, 0.29) is 106 Å². The van der Waals surface area contributed by atoms with Gasteiger partial charge in [-0.2, -0.15) is 0 Å². The summed E-state index contributed by atoms with van der Waals surface area (Å²) in [5, 5.41) is 68.1. The summed E-state index contributed by atoms with van der Waals surface area (Å²) in [6.45, 7) is 13.3. The van der Waals surface area contributed by atoms with Crippen molar-refractivity contribution in [3.05, 3.63) is 0 Å². The van der Waals surface area contributed by atoms with Crippen molar-refractivity contribution in [1.29, 1.82) is 0 Å². The summed E-state index contributed by atoms with van der Waals surface area (Å²) in [5.74, 6) is 0.801. The maximum absolute atomic E-state index is 12.9. The van der Waals surface area contributed by atoms with Gasteiger partial charge in [0.05, 0.1) is 24.7 Å². The average molecular weight is 869 g/mol. The molecule has 6 N–H and O–H groups in total. The third-order valence-electron chi connectivity index (χ3n) is 20.7. The molecule has 22 atom stereocenters. The molecule has 11 heteroatoms. The van der Waals surface area contributed by atoms with Crippen LogP contribution in [0.1, 0.15) is 151 Å². The Morgan fingerprint density at radius 3 is 1.64 bits per heavy atom. The second kappa shape index (κ2) is 16.3. The molecule has 0 spiro atoms. The standard InChI is InChI=1S/C48H76O10.Fe/c1-25(31-9-11-33-43-35(23-39(53)47(31,33)5)45(3)17-15-29(49)19-27(45)21-37(43)51)7-13-41(55)57-58-42(56)14-8-26(2)32-10-12-34-44-36(24-40(54)48(32,34)6)46(4)18-16-30(50)20-28(46)22-38(44)52;/h25-40,43-44,49-54H,7-17,19-24H2,1-6H3;. The van der Waals surface area contributed by atoms with Crippen molar-refractivity contribution >= 4 is 16.4 Å². The van der Waals surface area contributed by atoms with Gasteiger partial charge in [-0.1, -0.05) is 20.8 Å². The Labute approximate surface area is 360 Å². The zero-order chi connectivity index (χ0) is 42.6. The van der Waals surface area contributed by atoms with Crippen LogP contribution in [-0.2, 0) is 34.9 Å². The molecule has 0 aromatic rings. The second-order valence-corrected chi connectivity index (χ2v) is 23.5. The largest absolute Gasteiger partial charge is 0.393 e. The number of fused-ring (bicyclic) bond motifs is 10. The van der Waals surface area contributed by atoms with Crippen LogP contribution in [0, 0.1) is 92.7 Å².